The number of fused-ring (bicyclic) bond motifs is 1. The van der Waals surface area contributed by atoms with Crippen molar-refractivity contribution in [2.75, 3.05) is 13.7 Å². The maximum atomic E-state index is 13.1. The number of hydrogen-bond acceptors (Lipinski definition) is 3. The maximum absolute atomic E-state index is 13.1. The molecule has 3 rings (SSSR count). The molecule has 0 saturated carbocycles. The van der Waals surface area contributed by atoms with Crippen molar-refractivity contribution in [1.82, 2.24) is 9.97 Å². The molecule has 2 aromatic rings. The highest BCUT2D eigenvalue weighted by Crippen LogP contribution is 2.31. The number of hydrogen-bond donors (Lipinski definition) is 1. The fourth-order valence-corrected chi connectivity index (χ4v) is 3.12. The number of halogens is 1. The van der Waals surface area contributed by atoms with Gasteiger partial charge in [-0.15, -0.1) is 0 Å². The van der Waals surface area contributed by atoms with E-state index in [1.54, 1.807) is 18.9 Å². The van der Waals surface area contributed by atoms with Gasteiger partial charge in [0.2, 0.25) is 0 Å². The summed E-state index contributed by atoms with van der Waals surface area (Å²) in [7, 11) is 1.70. The second kappa shape index (κ2) is 6.28. The second-order valence-electron chi connectivity index (χ2n) is 4.70. The fraction of sp³-hybridized carbons (Fsp3) is 0.188. The third kappa shape index (κ3) is 3.43. The van der Waals surface area contributed by atoms with Crippen LogP contribution in [0.15, 0.2) is 46.4 Å². The van der Waals surface area contributed by atoms with Crippen LogP contribution in [0.2, 0.25) is 0 Å². The Kier molecular flexibility index (Phi) is 4.22. The first-order chi connectivity index (χ1) is 10.2. The smallest absolute Gasteiger partial charge is 0.142 e. The van der Waals surface area contributed by atoms with Gasteiger partial charge in [-0.2, -0.15) is 0 Å². The monoisotopic (exact) mass is 302 g/mol. The molecule has 0 unspecified atom stereocenters. The Labute approximate surface area is 126 Å². The van der Waals surface area contributed by atoms with E-state index in [9.17, 15) is 4.39 Å². The third-order valence-electron chi connectivity index (χ3n) is 3.08. The molecule has 0 saturated heterocycles. The standard InChI is InChI=1S/C16H15FN2OS/c1-20-10-15-4-2-3-14(21-15)6-5-13-8-11-7-12(17)9-18-16(11)19-13/h3-9H,2,10H2,1H3,(H,18,19). The number of rotatable bonds is 4. The first-order valence-electron chi connectivity index (χ1n) is 6.63. The van der Waals surface area contributed by atoms with E-state index in [-0.39, 0.29) is 5.82 Å². The van der Waals surface area contributed by atoms with Gasteiger partial charge in [0.05, 0.1) is 12.8 Å². The number of aromatic nitrogens is 2. The van der Waals surface area contributed by atoms with Crippen LogP contribution in [0.4, 0.5) is 4.39 Å². The van der Waals surface area contributed by atoms with Crippen LogP contribution in [0.5, 0.6) is 0 Å². The average Bonchev–Trinajstić information content (AvgIpc) is 2.88. The number of pyridine rings is 1. The molecule has 0 spiro atoms. The molecule has 1 aliphatic heterocycles. The minimum atomic E-state index is -0.322. The topological polar surface area (TPSA) is 37.9 Å². The summed E-state index contributed by atoms with van der Waals surface area (Å²) >= 11 is 1.71. The van der Waals surface area contributed by atoms with Crippen LogP contribution in [0.3, 0.4) is 0 Å². The van der Waals surface area contributed by atoms with Gasteiger partial charge in [0, 0.05) is 28.0 Å². The summed E-state index contributed by atoms with van der Waals surface area (Å²) < 4.78 is 18.3. The molecule has 1 aliphatic rings. The predicted octanol–water partition coefficient (Wildman–Crippen LogP) is 4.27. The number of aromatic amines is 1. The highest BCUT2D eigenvalue weighted by molar-refractivity contribution is 8.07. The van der Waals surface area contributed by atoms with Crippen molar-refractivity contribution in [3.63, 3.8) is 0 Å². The van der Waals surface area contributed by atoms with Gasteiger partial charge >= 0.3 is 0 Å². The summed E-state index contributed by atoms with van der Waals surface area (Å²) in [6, 6.07) is 3.37. The van der Waals surface area contributed by atoms with Crippen molar-refractivity contribution in [1.29, 1.82) is 0 Å². The number of allylic oxidation sites excluding steroid dienone is 3. The van der Waals surface area contributed by atoms with E-state index in [0.29, 0.717) is 12.3 Å². The second-order valence-corrected chi connectivity index (χ2v) is 5.90. The Morgan fingerprint density at radius 3 is 3.14 bits per heavy atom. The van der Waals surface area contributed by atoms with Gasteiger partial charge in [0.15, 0.2) is 0 Å². The minimum Gasteiger partial charge on any atom is -0.379 e. The molecule has 2 aromatic heterocycles. The summed E-state index contributed by atoms with van der Waals surface area (Å²) in [6.45, 7) is 0.644. The lowest BCUT2D eigenvalue weighted by Crippen LogP contribution is -1.93. The van der Waals surface area contributed by atoms with Gasteiger partial charge in [0.1, 0.15) is 11.5 Å². The number of nitrogens with zero attached hydrogens (tertiary/aromatic N) is 1. The van der Waals surface area contributed by atoms with Crippen LogP contribution >= 0.6 is 11.8 Å². The summed E-state index contributed by atoms with van der Waals surface area (Å²) in [6.07, 6.45) is 10.5. The Morgan fingerprint density at radius 2 is 2.29 bits per heavy atom. The molecular weight excluding hydrogens is 287 g/mol. The van der Waals surface area contributed by atoms with Gasteiger partial charge in [-0.25, -0.2) is 9.37 Å². The number of methoxy groups -OCH3 is 1. The van der Waals surface area contributed by atoms with Crippen molar-refractivity contribution >= 4 is 28.9 Å². The van der Waals surface area contributed by atoms with Crippen LogP contribution in [0.25, 0.3) is 17.1 Å². The van der Waals surface area contributed by atoms with E-state index in [2.05, 4.69) is 22.1 Å². The van der Waals surface area contributed by atoms with Crippen LogP contribution in [-0.2, 0) is 4.74 Å². The molecule has 0 bridgehead atoms. The lowest BCUT2D eigenvalue weighted by atomic mass is 10.3. The lowest BCUT2D eigenvalue weighted by Gasteiger charge is -2.10. The Bertz CT molecular complexity index is 746. The zero-order valence-corrected chi connectivity index (χ0v) is 12.4. The van der Waals surface area contributed by atoms with Crippen molar-refractivity contribution < 1.29 is 9.13 Å². The molecular formula is C16H15FN2OS. The van der Waals surface area contributed by atoms with E-state index >= 15 is 0 Å². The molecule has 3 heterocycles. The number of thioether (sulfide) groups is 1. The minimum absolute atomic E-state index is 0.322. The molecule has 1 N–H and O–H groups in total. The van der Waals surface area contributed by atoms with Crippen LogP contribution in [-0.4, -0.2) is 23.7 Å². The lowest BCUT2D eigenvalue weighted by molar-refractivity contribution is 0.231. The maximum Gasteiger partial charge on any atom is 0.142 e. The Hall–Kier alpha value is -1.85. The predicted molar refractivity (Wildman–Crippen MR) is 85.3 cm³/mol. The number of H-pyrrole nitrogens is 1. The quantitative estimate of drug-likeness (QED) is 0.916. The highest BCUT2D eigenvalue weighted by Gasteiger charge is 2.06. The summed E-state index contributed by atoms with van der Waals surface area (Å²) in [5, 5.41) is 0.778. The van der Waals surface area contributed by atoms with Gasteiger partial charge in [-0.1, -0.05) is 23.9 Å². The number of nitrogens with one attached hydrogen (secondary N) is 1. The van der Waals surface area contributed by atoms with E-state index in [0.717, 1.165) is 17.5 Å². The van der Waals surface area contributed by atoms with Crippen LogP contribution < -0.4 is 0 Å². The summed E-state index contributed by atoms with van der Waals surface area (Å²) in [4.78, 5) is 9.59. The fourth-order valence-electron chi connectivity index (χ4n) is 2.15. The molecule has 0 amide bonds. The molecule has 0 aromatic carbocycles. The van der Waals surface area contributed by atoms with Gasteiger partial charge in [-0.3, -0.25) is 0 Å². The Balaban J connectivity index is 1.74. The first-order valence-corrected chi connectivity index (χ1v) is 7.44. The van der Waals surface area contributed by atoms with Crippen LogP contribution in [0, 0.1) is 5.82 Å². The van der Waals surface area contributed by atoms with Crippen LogP contribution in [0.1, 0.15) is 12.1 Å². The molecule has 0 fully saturated rings. The third-order valence-corrected chi connectivity index (χ3v) is 4.17. The van der Waals surface area contributed by atoms with Gasteiger partial charge in [0.25, 0.3) is 0 Å². The molecule has 21 heavy (non-hydrogen) atoms. The van der Waals surface area contributed by atoms with Crippen molar-refractivity contribution in [2.45, 2.75) is 6.42 Å². The van der Waals surface area contributed by atoms with Crippen molar-refractivity contribution in [3.05, 3.63) is 57.9 Å². The molecule has 0 radical (unpaired) electrons. The zero-order valence-electron chi connectivity index (χ0n) is 11.6. The highest BCUT2D eigenvalue weighted by atomic mass is 32.2. The summed E-state index contributed by atoms with van der Waals surface area (Å²) in [5.74, 6) is -0.322. The average molecular weight is 302 g/mol. The molecule has 108 valence electrons. The zero-order chi connectivity index (χ0) is 14.7. The van der Waals surface area contributed by atoms with Gasteiger partial charge < -0.3 is 9.72 Å². The van der Waals surface area contributed by atoms with Crippen molar-refractivity contribution in [2.24, 2.45) is 0 Å². The Morgan fingerprint density at radius 1 is 1.38 bits per heavy atom. The van der Waals surface area contributed by atoms with E-state index < -0.39 is 0 Å². The molecule has 0 aliphatic carbocycles. The van der Waals surface area contributed by atoms with E-state index in [1.165, 1.54) is 22.1 Å². The van der Waals surface area contributed by atoms with E-state index in [1.807, 2.05) is 18.2 Å². The number of ether oxygens (including phenoxy) is 1. The normalized spacial score (nSPS) is 15.5. The SMILES string of the molecule is COCC1=CCC=C(C=Cc2cc3cc(F)cnc3[nH]2)S1. The molecule has 5 heteroatoms. The molecule has 3 nitrogen and oxygen atoms in total. The molecule has 0 atom stereocenters. The first kappa shape index (κ1) is 14.1. The summed E-state index contributed by atoms with van der Waals surface area (Å²) in [5.41, 5.74) is 1.61. The van der Waals surface area contributed by atoms with Gasteiger partial charge in [-0.05, 0) is 30.7 Å². The van der Waals surface area contributed by atoms with Crippen molar-refractivity contribution in [3.8, 4) is 0 Å². The van der Waals surface area contributed by atoms with E-state index in [4.69, 9.17) is 4.74 Å². The largest absolute Gasteiger partial charge is 0.379 e.